The predicted octanol–water partition coefficient (Wildman–Crippen LogP) is 4.05. The molecule has 1 saturated heterocycles. The first-order valence-corrected chi connectivity index (χ1v) is 8.63. The van der Waals surface area contributed by atoms with E-state index in [1.54, 1.807) is 0 Å². The molecule has 11 heteroatoms. The average Bonchev–Trinajstić information content (AvgIpc) is 3.10. The molecule has 28 heavy (non-hydrogen) atoms. The largest absolute Gasteiger partial charge is 0.408 e. The van der Waals surface area contributed by atoms with Gasteiger partial charge in [0.1, 0.15) is 29.6 Å². The van der Waals surface area contributed by atoms with Crippen LogP contribution in [0.3, 0.4) is 0 Å². The Balaban J connectivity index is 1.75. The Labute approximate surface area is 156 Å². The van der Waals surface area contributed by atoms with Gasteiger partial charge >= 0.3 is 6.18 Å². The third-order valence-electron chi connectivity index (χ3n) is 4.70. The number of hydrogen-bond donors (Lipinski definition) is 0. The normalized spacial score (nSPS) is 18.2. The van der Waals surface area contributed by atoms with E-state index in [1.165, 1.54) is 33.8 Å². The lowest BCUT2D eigenvalue weighted by molar-refractivity contribution is -0.152. The molecule has 3 aromatic heterocycles. The van der Waals surface area contributed by atoms with Gasteiger partial charge in [-0.15, -0.1) is 0 Å². The van der Waals surface area contributed by atoms with Crippen LogP contribution >= 0.6 is 0 Å². The van der Waals surface area contributed by atoms with Crippen LogP contribution in [0.15, 0.2) is 30.7 Å². The van der Waals surface area contributed by atoms with Crippen LogP contribution in [0.5, 0.6) is 0 Å². The highest BCUT2D eigenvalue weighted by Crippen LogP contribution is 2.35. The molecule has 0 amide bonds. The molecule has 1 aliphatic heterocycles. The topological polar surface area (TPSA) is 59.2 Å². The fourth-order valence-corrected chi connectivity index (χ4v) is 3.37. The summed E-state index contributed by atoms with van der Waals surface area (Å²) in [6, 6.07) is 2.35. The molecule has 1 atom stereocenters. The lowest BCUT2D eigenvalue weighted by Gasteiger charge is -2.37. The molecular weight excluding hydrogens is 383 g/mol. The van der Waals surface area contributed by atoms with Gasteiger partial charge in [-0.1, -0.05) is 0 Å². The van der Waals surface area contributed by atoms with E-state index in [1.807, 2.05) is 0 Å². The van der Waals surface area contributed by atoms with Gasteiger partial charge in [0.15, 0.2) is 5.65 Å². The zero-order valence-corrected chi connectivity index (χ0v) is 14.4. The van der Waals surface area contributed by atoms with Gasteiger partial charge < -0.3 is 4.90 Å². The summed E-state index contributed by atoms with van der Waals surface area (Å²) in [6.45, 7) is 0.224. The molecule has 4 heterocycles. The van der Waals surface area contributed by atoms with Crippen molar-refractivity contribution in [3.63, 3.8) is 0 Å². The van der Waals surface area contributed by atoms with Gasteiger partial charge in [-0.3, -0.25) is 0 Å². The van der Waals surface area contributed by atoms with Gasteiger partial charge in [0.25, 0.3) is 6.43 Å². The number of anilines is 1. The molecule has 0 saturated carbocycles. The van der Waals surface area contributed by atoms with Crippen LogP contribution in [0.4, 0.5) is 27.8 Å². The van der Waals surface area contributed by atoms with E-state index in [0.717, 1.165) is 6.33 Å². The Morgan fingerprint density at radius 3 is 2.64 bits per heavy atom. The Hall–Kier alpha value is -2.85. The Morgan fingerprint density at radius 2 is 1.89 bits per heavy atom. The smallest absolute Gasteiger partial charge is 0.344 e. The second-order valence-corrected chi connectivity index (χ2v) is 6.48. The van der Waals surface area contributed by atoms with Crippen LogP contribution in [0, 0.1) is 0 Å². The van der Waals surface area contributed by atoms with E-state index in [9.17, 15) is 22.0 Å². The maximum absolute atomic E-state index is 13.4. The van der Waals surface area contributed by atoms with E-state index in [-0.39, 0.29) is 24.5 Å². The maximum Gasteiger partial charge on any atom is 0.408 e. The summed E-state index contributed by atoms with van der Waals surface area (Å²) in [6.07, 6.45) is -3.47. The lowest BCUT2D eigenvalue weighted by atomic mass is 10.0. The Morgan fingerprint density at radius 1 is 1.07 bits per heavy atom. The molecule has 0 aliphatic carbocycles. The summed E-state index contributed by atoms with van der Waals surface area (Å²) in [7, 11) is 0. The number of nitrogens with zero attached hydrogens (tertiary/aromatic N) is 6. The van der Waals surface area contributed by atoms with Crippen molar-refractivity contribution in [2.75, 3.05) is 11.4 Å². The summed E-state index contributed by atoms with van der Waals surface area (Å²) in [5, 5.41) is 3.86. The molecule has 0 spiro atoms. The average molecular weight is 398 g/mol. The molecular formula is C17H15F5N6. The standard InChI is InChI=1S/C17H15F5N6/c18-16(19)10-4-5-14-23-8-12(28(14)26-10)11-7-15(25-9-24-11)27-6-2-1-3-13(27)17(20,21)22/h4-5,7-9,13,16H,1-3,6H2. The number of hydrogen-bond acceptors (Lipinski definition) is 5. The number of rotatable bonds is 3. The maximum atomic E-state index is 13.4. The number of halogens is 5. The highest BCUT2D eigenvalue weighted by Gasteiger charge is 2.45. The summed E-state index contributed by atoms with van der Waals surface area (Å²) in [4.78, 5) is 13.4. The fourth-order valence-electron chi connectivity index (χ4n) is 3.37. The van der Waals surface area contributed by atoms with Gasteiger partial charge in [0, 0.05) is 12.6 Å². The molecule has 0 N–H and O–H groups in total. The van der Waals surface area contributed by atoms with Gasteiger partial charge in [-0.2, -0.15) is 18.3 Å². The molecule has 0 aromatic carbocycles. The van der Waals surface area contributed by atoms with Crippen LogP contribution in [0.2, 0.25) is 0 Å². The molecule has 4 rings (SSSR count). The predicted molar refractivity (Wildman–Crippen MR) is 90.0 cm³/mol. The number of imidazole rings is 1. The van der Waals surface area contributed by atoms with Crippen molar-refractivity contribution in [1.82, 2.24) is 24.6 Å². The molecule has 1 unspecified atom stereocenters. The van der Waals surface area contributed by atoms with Crippen molar-refractivity contribution >= 4 is 11.5 Å². The minimum atomic E-state index is -4.37. The van der Waals surface area contributed by atoms with Crippen LogP contribution < -0.4 is 4.90 Å². The van der Waals surface area contributed by atoms with Crippen LogP contribution in [-0.4, -0.2) is 43.3 Å². The summed E-state index contributed by atoms with van der Waals surface area (Å²) < 4.78 is 67.3. The van der Waals surface area contributed by atoms with Crippen molar-refractivity contribution in [1.29, 1.82) is 0 Å². The zero-order chi connectivity index (χ0) is 19.9. The Kier molecular flexibility index (Phi) is 4.60. The van der Waals surface area contributed by atoms with Gasteiger partial charge in [-0.25, -0.2) is 28.2 Å². The third kappa shape index (κ3) is 3.36. The van der Waals surface area contributed by atoms with Crippen molar-refractivity contribution in [3.8, 4) is 11.4 Å². The second kappa shape index (κ2) is 6.95. The molecule has 6 nitrogen and oxygen atoms in total. The summed E-state index contributed by atoms with van der Waals surface area (Å²) in [5.41, 5.74) is 0.435. The summed E-state index contributed by atoms with van der Waals surface area (Å²) in [5.74, 6) is 0.131. The summed E-state index contributed by atoms with van der Waals surface area (Å²) >= 11 is 0. The third-order valence-corrected chi connectivity index (χ3v) is 4.70. The van der Waals surface area contributed by atoms with Gasteiger partial charge in [0.05, 0.1) is 11.9 Å². The number of aromatic nitrogens is 5. The first kappa shape index (κ1) is 18.5. The molecule has 148 valence electrons. The minimum absolute atomic E-state index is 0.00223. The van der Waals surface area contributed by atoms with Crippen LogP contribution in [0.25, 0.3) is 17.0 Å². The minimum Gasteiger partial charge on any atom is -0.344 e. The molecule has 0 radical (unpaired) electrons. The van der Waals surface area contributed by atoms with Crippen molar-refractivity contribution in [2.24, 2.45) is 0 Å². The highest BCUT2D eigenvalue weighted by atomic mass is 19.4. The molecule has 1 aliphatic rings. The molecule has 3 aromatic rings. The van der Waals surface area contributed by atoms with E-state index < -0.39 is 24.3 Å². The van der Waals surface area contributed by atoms with Gasteiger partial charge in [0.2, 0.25) is 0 Å². The fraction of sp³-hybridized carbons (Fsp3) is 0.412. The van der Waals surface area contributed by atoms with Crippen molar-refractivity contribution in [2.45, 2.75) is 37.9 Å². The zero-order valence-electron chi connectivity index (χ0n) is 14.4. The van der Waals surface area contributed by atoms with E-state index >= 15 is 0 Å². The van der Waals surface area contributed by atoms with E-state index in [4.69, 9.17) is 0 Å². The first-order valence-electron chi connectivity index (χ1n) is 8.63. The van der Waals surface area contributed by atoms with Crippen molar-refractivity contribution < 1.29 is 22.0 Å². The quantitative estimate of drug-likeness (QED) is 0.623. The van der Waals surface area contributed by atoms with Crippen molar-refractivity contribution in [3.05, 3.63) is 36.4 Å². The van der Waals surface area contributed by atoms with Gasteiger partial charge in [-0.05, 0) is 31.4 Å². The molecule has 0 bridgehead atoms. The Bertz CT molecular complexity index is 986. The highest BCUT2D eigenvalue weighted by molar-refractivity contribution is 5.62. The van der Waals surface area contributed by atoms with Crippen LogP contribution in [-0.2, 0) is 0 Å². The monoisotopic (exact) mass is 398 g/mol. The van der Waals surface area contributed by atoms with E-state index in [2.05, 4.69) is 20.1 Å². The second-order valence-electron chi connectivity index (χ2n) is 6.48. The number of fused-ring (bicyclic) bond motifs is 1. The van der Waals surface area contributed by atoms with E-state index in [0.29, 0.717) is 24.2 Å². The molecule has 1 fully saturated rings. The first-order chi connectivity index (χ1) is 13.3. The SMILES string of the molecule is FC(F)c1ccc2ncc(-c3cc(N4CCCCC4C(F)(F)F)ncn3)n2n1. The number of alkyl halides is 5. The lowest BCUT2D eigenvalue weighted by Crippen LogP contribution is -2.49. The van der Waals surface area contributed by atoms with Crippen LogP contribution in [0.1, 0.15) is 31.4 Å². The number of piperidine rings is 1.